The lowest BCUT2D eigenvalue weighted by Gasteiger charge is -2.30. The fourth-order valence-corrected chi connectivity index (χ4v) is 2.15. The largest absolute Gasteiger partial charge is 0.514 e. The highest BCUT2D eigenvalue weighted by molar-refractivity contribution is 5.55. The van der Waals surface area contributed by atoms with E-state index in [2.05, 4.69) is 30.9 Å². The quantitative estimate of drug-likeness (QED) is 0.486. The molecule has 2 aromatic heterocycles. The first kappa shape index (κ1) is 16.8. The molecule has 1 N–H and O–H groups in total. The van der Waals surface area contributed by atoms with Crippen molar-refractivity contribution in [2.45, 2.75) is 19.4 Å². The zero-order valence-electron chi connectivity index (χ0n) is 13.3. The Morgan fingerprint density at radius 1 is 1.19 bits per heavy atom. The Bertz CT molecular complexity index is 966. The monoisotopic (exact) mass is 362 g/mol. The summed E-state index contributed by atoms with van der Waals surface area (Å²) in [5.74, 6) is 0.519. The van der Waals surface area contributed by atoms with Gasteiger partial charge in [-0.2, -0.15) is 4.68 Å². The second-order valence-electron chi connectivity index (χ2n) is 5.40. The highest BCUT2D eigenvalue weighted by Crippen LogP contribution is 2.38. The van der Waals surface area contributed by atoms with Gasteiger partial charge >= 0.3 is 5.95 Å². The van der Waals surface area contributed by atoms with Gasteiger partial charge in [-0.25, -0.2) is 0 Å². The molecule has 4 rings (SSSR count). The van der Waals surface area contributed by atoms with Gasteiger partial charge in [0.2, 0.25) is 0 Å². The third kappa shape index (κ3) is 2.99. The van der Waals surface area contributed by atoms with Gasteiger partial charge in [0.1, 0.15) is 11.4 Å². The van der Waals surface area contributed by atoms with E-state index >= 15 is 0 Å². The third-order valence-electron chi connectivity index (χ3n) is 3.25. The molecule has 0 saturated heterocycles. The maximum Gasteiger partial charge on any atom is 0.514 e. The molecule has 0 atom stereocenters. The van der Waals surface area contributed by atoms with Crippen molar-refractivity contribution < 1.29 is 14.6 Å². The lowest BCUT2D eigenvalue weighted by atomic mass is 10.1. The van der Waals surface area contributed by atoms with E-state index in [-0.39, 0.29) is 5.69 Å². The molecule has 1 aliphatic heterocycles. The molecule has 0 spiro atoms. The second-order valence-corrected chi connectivity index (χ2v) is 5.40. The summed E-state index contributed by atoms with van der Waals surface area (Å²) in [4.78, 5) is 19.2. The molecular formula is C11H10N10O5. The van der Waals surface area contributed by atoms with E-state index in [0.717, 1.165) is 0 Å². The Balaban J connectivity index is 0.000000206. The molecule has 134 valence electrons. The Labute approximate surface area is 143 Å². The number of tetrazole rings is 2. The molecule has 26 heavy (non-hydrogen) atoms. The van der Waals surface area contributed by atoms with Crippen LogP contribution in [-0.4, -0.2) is 50.7 Å². The van der Waals surface area contributed by atoms with Gasteiger partial charge in [-0.05, 0) is 35.3 Å². The van der Waals surface area contributed by atoms with Crippen LogP contribution in [0.5, 0.6) is 5.75 Å². The van der Waals surface area contributed by atoms with Gasteiger partial charge in [0.15, 0.2) is 11.4 Å². The topological polar surface area (TPSA) is 194 Å². The summed E-state index contributed by atoms with van der Waals surface area (Å²) in [6, 6.07) is 4.34. The van der Waals surface area contributed by atoms with Crippen molar-refractivity contribution in [3.8, 4) is 11.4 Å². The highest BCUT2D eigenvalue weighted by atomic mass is 16.6. The number of nitro groups is 2. The lowest BCUT2D eigenvalue weighted by Crippen LogP contribution is -2.33. The van der Waals surface area contributed by atoms with Crippen LogP contribution in [0.1, 0.15) is 19.7 Å². The highest BCUT2D eigenvalue weighted by Gasteiger charge is 2.36. The molecule has 0 radical (unpaired) electrons. The van der Waals surface area contributed by atoms with Crippen LogP contribution in [0, 0.1) is 20.2 Å². The summed E-state index contributed by atoms with van der Waals surface area (Å²) in [6.45, 7) is 3.67. The molecule has 0 amide bonds. The minimum Gasteiger partial charge on any atom is -0.478 e. The predicted octanol–water partition coefficient (Wildman–Crippen LogP) is 0.306. The molecular weight excluding hydrogens is 352 g/mol. The molecule has 3 heterocycles. The average Bonchev–Trinajstić information content (AvgIpc) is 3.27. The number of aromatic nitrogens is 8. The Kier molecular flexibility index (Phi) is 3.95. The lowest BCUT2D eigenvalue weighted by molar-refractivity contribution is -0.394. The summed E-state index contributed by atoms with van der Waals surface area (Å²) in [5, 5.41) is 42.8. The molecule has 1 aromatic carbocycles. The van der Waals surface area contributed by atoms with Crippen molar-refractivity contribution >= 4 is 11.6 Å². The van der Waals surface area contributed by atoms with Crippen molar-refractivity contribution in [1.29, 1.82) is 0 Å². The van der Waals surface area contributed by atoms with Gasteiger partial charge in [-0.3, -0.25) is 10.1 Å². The Morgan fingerprint density at radius 2 is 1.96 bits per heavy atom. The third-order valence-corrected chi connectivity index (χ3v) is 3.25. The van der Waals surface area contributed by atoms with E-state index in [1.807, 2.05) is 19.1 Å². The number of aromatic amines is 1. The number of benzene rings is 1. The number of nitrogens with one attached hydrogen (secondary N) is 1. The van der Waals surface area contributed by atoms with Crippen LogP contribution in [0.25, 0.3) is 5.69 Å². The molecule has 0 saturated carbocycles. The van der Waals surface area contributed by atoms with Crippen molar-refractivity contribution in [3.05, 3.63) is 44.3 Å². The number of fused-ring (bicyclic) bond motifs is 3. The molecule has 15 nitrogen and oxygen atoms in total. The van der Waals surface area contributed by atoms with Crippen LogP contribution >= 0.6 is 0 Å². The molecule has 1 aliphatic rings. The smallest absolute Gasteiger partial charge is 0.478 e. The molecule has 0 bridgehead atoms. The van der Waals surface area contributed by atoms with E-state index in [1.165, 1.54) is 16.8 Å². The SMILES string of the molecule is CC1(C)Oc2ccc([N+](=O)[O-])cc2-n2nnnc21.O=[N+]([O-])c1nn[nH]n1. The number of rotatable bonds is 2. The van der Waals surface area contributed by atoms with Gasteiger partial charge < -0.3 is 14.9 Å². The fourth-order valence-electron chi connectivity index (χ4n) is 2.15. The number of H-pyrrole nitrogens is 1. The minimum absolute atomic E-state index is 0.0292. The van der Waals surface area contributed by atoms with E-state index < -0.39 is 21.4 Å². The van der Waals surface area contributed by atoms with Gasteiger partial charge in [0.25, 0.3) is 5.69 Å². The van der Waals surface area contributed by atoms with Crippen molar-refractivity contribution in [2.24, 2.45) is 0 Å². The van der Waals surface area contributed by atoms with E-state index in [0.29, 0.717) is 17.3 Å². The first-order chi connectivity index (χ1) is 12.3. The standard InChI is InChI=1S/C10H9N5O3.CHN5O2/c1-10(2)9-11-12-13-14(9)7-5-6(15(16)17)3-4-8(7)18-10;7-6(8)1-2-4-5-3-1/h3-5H,1-2H3;(H,2,3,4,5). The van der Waals surface area contributed by atoms with Crippen molar-refractivity contribution in [1.82, 2.24) is 40.8 Å². The first-order valence-corrected chi connectivity index (χ1v) is 6.94. The van der Waals surface area contributed by atoms with Crippen LogP contribution in [-0.2, 0) is 5.60 Å². The van der Waals surface area contributed by atoms with Crippen LogP contribution in [0.15, 0.2) is 18.2 Å². The van der Waals surface area contributed by atoms with E-state index in [1.54, 1.807) is 6.07 Å². The number of non-ortho nitro benzene ring substituents is 1. The Morgan fingerprint density at radius 3 is 2.54 bits per heavy atom. The van der Waals surface area contributed by atoms with Crippen LogP contribution in [0.3, 0.4) is 0 Å². The summed E-state index contributed by atoms with van der Waals surface area (Å²) >= 11 is 0. The van der Waals surface area contributed by atoms with Crippen molar-refractivity contribution in [2.75, 3.05) is 0 Å². The van der Waals surface area contributed by atoms with Crippen LogP contribution < -0.4 is 4.74 Å². The minimum atomic E-state index is -0.733. The Hall–Kier alpha value is -4.04. The van der Waals surface area contributed by atoms with Gasteiger partial charge in [-0.15, -0.1) is 5.10 Å². The summed E-state index contributed by atoms with van der Waals surface area (Å²) in [6.07, 6.45) is 0. The van der Waals surface area contributed by atoms with Gasteiger partial charge in [0, 0.05) is 22.4 Å². The molecule has 15 heteroatoms. The van der Waals surface area contributed by atoms with Crippen molar-refractivity contribution in [3.63, 3.8) is 0 Å². The average molecular weight is 362 g/mol. The molecule has 0 fully saturated rings. The number of nitrogens with zero attached hydrogens (tertiary/aromatic N) is 9. The van der Waals surface area contributed by atoms with Crippen LogP contribution in [0.4, 0.5) is 11.6 Å². The predicted molar refractivity (Wildman–Crippen MR) is 80.3 cm³/mol. The first-order valence-electron chi connectivity index (χ1n) is 6.94. The summed E-state index contributed by atoms with van der Waals surface area (Å²) in [7, 11) is 0. The summed E-state index contributed by atoms with van der Waals surface area (Å²) in [5.41, 5.74) is -0.228. The maximum atomic E-state index is 10.8. The number of hydrogen-bond donors (Lipinski definition) is 1. The number of hydrogen-bond acceptors (Lipinski definition) is 11. The summed E-state index contributed by atoms with van der Waals surface area (Å²) < 4.78 is 7.22. The zero-order valence-corrected chi connectivity index (χ0v) is 13.3. The normalized spacial score (nSPS) is 13.5. The van der Waals surface area contributed by atoms with E-state index in [4.69, 9.17) is 4.74 Å². The molecule has 3 aromatic rings. The molecule has 0 aliphatic carbocycles. The second kappa shape index (κ2) is 6.11. The van der Waals surface area contributed by atoms with Gasteiger partial charge in [-0.1, -0.05) is 5.21 Å². The molecule has 0 unspecified atom stereocenters. The zero-order chi connectivity index (χ0) is 18.9. The fraction of sp³-hybridized carbons (Fsp3) is 0.273. The maximum absolute atomic E-state index is 10.8. The number of ether oxygens (including phenoxy) is 1. The van der Waals surface area contributed by atoms with Gasteiger partial charge in [0.05, 0.1) is 10.0 Å². The van der Waals surface area contributed by atoms with E-state index in [9.17, 15) is 20.2 Å². The van der Waals surface area contributed by atoms with Crippen LogP contribution in [0.2, 0.25) is 0 Å². The number of nitro benzene ring substituents is 1.